The van der Waals surface area contributed by atoms with E-state index in [2.05, 4.69) is 24.0 Å². The number of hydrogen-bond donors (Lipinski definition) is 1. The van der Waals surface area contributed by atoms with Gasteiger partial charge in [-0.15, -0.1) is 10.2 Å². The van der Waals surface area contributed by atoms with Crippen molar-refractivity contribution in [1.29, 1.82) is 0 Å². The van der Waals surface area contributed by atoms with Crippen LogP contribution in [0.3, 0.4) is 0 Å². The van der Waals surface area contributed by atoms with Gasteiger partial charge >= 0.3 is 5.91 Å². The number of amides is 1. The van der Waals surface area contributed by atoms with E-state index in [1.165, 1.54) is 28.0 Å². The molecule has 0 saturated carbocycles. The molecule has 1 N–H and O–H groups in total. The lowest BCUT2D eigenvalue weighted by molar-refractivity contribution is -0.132. The second-order valence-corrected chi connectivity index (χ2v) is 14.1. The number of unbranched alkanes of at least 4 members (excludes halogenated alkanes) is 4. The Kier molecular flexibility index (Phi) is 13.0. The third-order valence-electron chi connectivity index (χ3n) is 7.98. The molecule has 1 atom stereocenters. The number of thioether (sulfide) groups is 1. The van der Waals surface area contributed by atoms with Crippen molar-refractivity contribution in [1.82, 2.24) is 10.2 Å². The Hall–Kier alpha value is -4.06. The van der Waals surface area contributed by atoms with Crippen molar-refractivity contribution in [3.63, 3.8) is 0 Å². The molecule has 0 aliphatic carbocycles. The van der Waals surface area contributed by atoms with E-state index in [9.17, 15) is 14.7 Å². The number of ether oxygens (including phenoxy) is 3. The van der Waals surface area contributed by atoms with Crippen molar-refractivity contribution >= 4 is 57.3 Å². The smallest absolute Gasteiger partial charge is 0.301 e. The predicted octanol–water partition coefficient (Wildman–Crippen LogP) is 9.26. The fourth-order valence-corrected chi connectivity index (χ4v) is 7.26. The number of anilines is 1. The minimum absolute atomic E-state index is 0.0643. The highest BCUT2D eigenvalue weighted by molar-refractivity contribution is 8.00. The van der Waals surface area contributed by atoms with E-state index in [1.807, 2.05) is 24.3 Å². The van der Waals surface area contributed by atoms with E-state index in [-0.39, 0.29) is 16.5 Å². The van der Waals surface area contributed by atoms with E-state index in [0.717, 1.165) is 44.1 Å². The number of benzene rings is 3. The van der Waals surface area contributed by atoms with Crippen LogP contribution in [-0.2, 0) is 15.3 Å². The van der Waals surface area contributed by atoms with Crippen LogP contribution in [-0.4, -0.2) is 47.3 Å². The number of carbonyl (C=O) groups is 2. The largest absolute Gasteiger partial charge is 0.507 e. The Bertz CT molecular complexity index is 1760. The standard InChI is InChI=1S/C37H40ClN3O6S2/c1-4-6-8-9-21-47-29-19-14-26(22-30(29)45-3)32-31(33(42)25-12-17-28(18-13-25)46-20-7-5-2)34(43)35(44)41(32)36-39-40-37(49-36)48-23-24-10-15-27(38)16-11-24/h10-19,22,32,42H,4-9,20-21,23H2,1-3H3/t32-/m0/s1. The molecule has 12 heteroatoms. The van der Waals surface area contributed by atoms with Crippen molar-refractivity contribution in [2.75, 3.05) is 25.2 Å². The number of aromatic nitrogens is 2. The number of halogens is 1. The number of carbonyl (C=O) groups excluding carboxylic acids is 2. The number of aliphatic hydroxyl groups excluding tert-OH is 1. The lowest BCUT2D eigenvalue weighted by atomic mass is 9.95. The third kappa shape index (κ3) is 8.95. The summed E-state index contributed by atoms with van der Waals surface area (Å²) in [6.45, 7) is 5.36. The van der Waals surface area contributed by atoms with Gasteiger partial charge in [0.1, 0.15) is 11.5 Å². The van der Waals surface area contributed by atoms with Gasteiger partial charge in [-0.25, -0.2) is 0 Å². The zero-order chi connectivity index (χ0) is 34.8. The second kappa shape index (κ2) is 17.6. The minimum atomic E-state index is -1.00. The van der Waals surface area contributed by atoms with Gasteiger partial charge in [-0.3, -0.25) is 14.5 Å². The van der Waals surface area contributed by atoms with E-state index in [1.54, 1.807) is 49.6 Å². The normalized spacial score (nSPS) is 15.5. The summed E-state index contributed by atoms with van der Waals surface area (Å²) in [6, 6.07) is 18.6. The van der Waals surface area contributed by atoms with E-state index < -0.39 is 17.7 Å². The molecule has 0 bridgehead atoms. The zero-order valence-electron chi connectivity index (χ0n) is 27.8. The first-order valence-electron chi connectivity index (χ1n) is 16.4. The van der Waals surface area contributed by atoms with Gasteiger partial charge in [0, 0.05) is 16.3 Å². The maximum atomic E-state index is 13.8. The van der Waals surface area contributed by atoms with Crippen molar-refractivity contribution in [2.45, 2.75) is 68.5 Å². The van der Waals surface area contributed by atoms with Gasteiger partial charge in [0.05, 0.1) is 31.9 Å². The molecule has 0 unspecified atom stereocenters. The summed E-state index contributed by atoms with van der Waals surface area (Å²) in [5.74, 6) is 0.318. The maximum Gasteiger partial charge on any atom is 0.301 e. The molecule has 1 aliphatic heterocycles. The molecule has 5 rings (SSSR count). The molecular formula is C37H40ClN3O6S2. The number of nitrogens with zero attached hydrogens (tertiary/aromatic N) is 3. The molecule has 4 aromatic rings. The average Bonchev–Trinajstić information content (AvgIpc) is 3.69. The van der Waals surface area contributed by atoms with Crippen LogP contribution in [0, 0.1) is 0 Å². The van der Waals surface area contributed by atoms with Crippen LogP contribution in [0.25, 0.3) is 5.76 Å². The van der Waals surface area contributed by atoms with Crippen LogP contribution in [0.4, 0.5) is 5.13 Å². The predicted molar refractivity (Wildman–Crippen MR) is 195 cm³/mol. The Balaban J connectivity index is 1.49. The van der Waals surface area contributed by atoms with Gasteiger partial charge < -0.3 is 19.3 Å². The van der Waals surface area contributed by atoms with Gasteiger partial charge in [-0.2, -0.15) is 0 Å². The van der Waals surface area contributed by atoms with Crippen molar-refractivity contribution in [2.24, 2.45) is 0 Å². The van der Waals surface area contributed by atoms with Gasteiger partial charge in [0.2, 0.25) is 5.13 Å². The van der Waals surface area contributed by atoms with Gasteiger partial charge in [0.15, 0.2) is 15.8 Å². The number of hydrogen-bond acceptors (Lipinski definition) is 10. The molecule has 49 heavy (non-hydrogen) atoms. The molecule has 1 fully saturated rings. The summed E-state index contributed by atoms with van der Waals surface area (Å²) >= 11 is 8.69. The van der Waals surface area contributed by atoms with Crippen LogP contribution < -0.4 is 19.1 Å². The molecule has 2 heterocycles. The minimum Gasteiger partial charge on any atom is -0.507 e. The molecule has 1 aromatic heterocycles. The van der Waals surface area contributed by atoms with E-state index >= 15 is 0 Å². The maximum absolute atomic E-state index is 13.8. The molecule has 9 nitrogen and oxygen atoms in total. The molecule has 1 saturated heterocycles. The van der Waals surface area contributed by atoms with Gasteiger partial charge in [-0.05, 0) is 72.5 Å². The number of methoxy groups -OCH3 is 1. The van der Waals surface area contributed by atoms with Crippen LogP contribution in [0.5, 0.6) is 17.2 Å². The summed E-state index contributed by atoms with van der Waals surface area (Å²) in [4.78, 5) is 28.9. The molecule has 0 spiro atoms. The molecule has 258 valence electrons. The molecule has 1 aliphatic rings. The van der Waals surface area contributed by atoms with Gasteiger partial charge in [0.25, 0.3) is 5.78 Å². The molecule has 1 amide bonds. The fourth-order valence-electron chi connectivity index (χ4n) is 5.31. The highest BCUT2D eigenvalue weighted by atomic mass is 35.5. The quantitative estimate of drug-likeness (QED) is 0.0285. The van der Waals surface area contributed by atoms with Crippen molar-refractivity contribution < 1.29 is 28.9 Å². The number of ketones is 1. The van der Waals surface area contributed by atoms with Crippen molar-refractivity contribution in [3.8, 4) is 17.2 Å². The number of rotatable bonds is 17. The van der Waals surface area contributed by atoms with Crippen LogP contribution >= 0.6 is 34.7 Å². The van der Waals surface area contributed by atoms with Crippen LogP contribution in [0.2, 0.25) is 5.02 Å². The molecular weight excluding hydrogens is 682 g/mol. The number of Topliss-reactive ketones (excluding diaryl/α,β-unsaturated/α-hetero) is 1. The highest BCUT2D eigenvalue weighted by Gasteiger charge is 2.48. The molecule has 3 aromatic carbocycles. The summed E-state index contributed by atoms with van der Waals surface area (Å²) in [7, 11) is 1.54. The summed E-state index contributed by atoms with van der Waals surface area (Å²) in [6.07, 6.45) is 6.18. The Morgan fingerprint density at radius 2 is 1.63 bits per heavy atom. The Morgan fingerprint density at radius 1 is 0.898 bits per heavy atom. The second-order valence-electron chi connectivity index (χ2n) is 11.5. The Morgan fingerprint density at radius 3 is 2.35 bits per heavy atom. The first-order valence-corrected chi connectivity index (χ1v) is 18.6. The first kappa shape index (κ1) is 36.2. The average molecular weight is 722 g/mol. The van der Waals surface area contributed by atoms with E-state index in [0.29, 0.717) is 56.7 Å². The lowest BCUT2D eigenvalue weighted by Crippen LogP contribution is -2.29. The number of aliphatic hydroxyl groups is 1. The Labute approximate surface area is 300 Å². The van der Waals surface area contributed by atoms with Crippen molar-refractivity contribution in [3.05, 3.63) is 94.0 Å². The summed E-state index contributed by atoms with van der Waals surface area (Å²) < 4.78 is 18.1. The lowest BCUT2D eigenvalue weighted by Gasteiger charge is -2.23. The SMILES string of the molecule is CCCCCCOc1ccc([C@H]2C(=C(O)c3ccc(OCCCC)cc3)C(=O)C(=O)N2c2nnc(SCc3ccc(Cl)cc3)s2)cc1OC. The zero-order valence-corrected chi connectivity index (χ0v) is 30.2. The van der Waals surface area contributed by atoms with Gasteiger partial charge in [-0.1, -0.05) is 92.4 Å². The summed E-state index contributed by atoms with van der Waals surface area (Å²) in [5, 5.41) is 21.2. The van der Waals surface area contributed by atoms with Crippen LogP contribution in [0.1, 0.15) is 75.1 Å². The van der Waals surface area contributed by atoms with Crippen LogP contribution in [0.15, 0.2) is 76.6 Å². The monoisotopic (exact) mass is 721 g/mol. The molecule has 0 radical (unpaired) electrons. The highest BCUT2D eigenvalue weighted by Crippen LogP contribution is 2.45. The topological polar surface area (TPSA) is 111 Å². The fraction of sp³-hybridized carbons (Fsp3) is 0.351. The summed E-state index contributed by atoms with van der Waals surface area (Å²) in [5.41, 5.74) is 1.90. The third-order valence-corrected chi connectivity index (χ3v) is 10.4. The first-order chi connectivity index (χ1) is 23.8. The van der Waals surface area contributed by atoms with E-state index in [4.69, 9.17) is 25.8 Å².